The quantitative estimate of drug-likeness (QED) is 0.192. The van der Waals surface area contributed by atoms with Crippen LogP contribution in [0.5, 0.6) is 0 Å². The van der Waals surface area contributed by atoms with E-state index in [-0.39, 0.29) is 34.2 Å². The third kappa shape index (κ3) is 3.96. The first-order valence-corrected chi connectivity index (χ1v) is 18.8. The highest BCUT2D eigenvalue weighted by atomic mass is 16.5. The Balaban J connectivity index is 1.37. The molecule has 6 heteroatoms. The predicted molar refractivity (Wildman–Crippen MR) is 198 cm³/mol. The molecule has 0 amide bonds. The second-order valence-electron chi connectivity index (χ2n) is 18.5. The normalized spacial score (nSPS) is 39.2. The van der Waals surface area contributed by atoms with Crippen LogP contribution in [0, 0.1) is 28.6 Å². The van der Waals surface area contributed by atoms with Gasteiger partial charge in [-0.15, -0.1) is 0 Å². The van der Waals surface area contributed by atoms with Crippen LogP contribution in [0.2, 0.25) is 0 Å². The maximum absolute atomic E-state index is 14.9. The third-order valence-corrected chi connectivity index (χ3v) is 15.0. The van der Waals surface area contributed by atoms with E-state index in [1.54, 1.807) is 6.92 Å². The first-order valence-electron chi connectivity index (χ1n) is 18.8. The molecule has 9 atom stereocenters. The van der Waals surface area contributed by atoms with Crippen LogP contribution in [0.25, 0.3) is 16.5 Å². The number of fused-ring (bicyclic) bond motifs is 11. The Morgan fingerprint density at radius 3 is 2.40 bits per heavy atom. The van der Waals surface area contributed by atoms with E-state index in [1.807, 2.05) is 26.0 Å². The zero-order chi connectivity index (χ0) is 36.2. The fourth-order valence-corrected chi connectivity index (χ4v) is 12.8. The second kappa shape index (κ2) is 10.3. The number of aromatic nitrogens is 1. The van der Waals surface area contributed by atoms with E-state index in [1.165, 1.54) is 11.3 Å². The molecule has 0 bridgehead atoms. The summed E-state index contributed by atoms with van der Waals surface area (Å²) in [5.74, 6) is 0.357. The van der Waals surface area contributed by atoms with Gasteiger partial charge in [0.15, 0.2) is 11.6 Å². The molecule has 266 valence electrons. The Hall–Kier alpha value is -3.06. The topological polar surface area (TPSA) is 88.8 Å². The molecule has 0 spiro atoms. The number of ether oxygens (including phenoxy) is 1. The van der Waals surface area contributed by atoms with Crippen LogP contribution in [0.3, 0.4) is 0 Å². The van der Waals surface area contributed by atoms with E-state index < -0.39 is 34.9 Å². The Bertz CT molecular complexity index is 2020. The zero-order valence-corrected chi connectivity index (χ0v) is 31.7. The van der Waals surface area contributed by atoms with Crippen molar-refractivity contribution in [3.63, 3.8) is 0 Å². The Kier molecular flexibility index (Phi) is 7.01. The molecule has 3 heterocycles. The minimum Gasteiger partial charge on any atom is -0.392 e. The number of aliphatic hydroxyl groups is 2. The second-order valence-corrected chi connectivity index (χ2v) is 18.5. The number of ketones is 2. The van der Waals surface area contributed by atoms with Gasteiger partial charge < -0.3 is 19.5 Å². The summed E-state index contributed by atoms with van der Waals surface area (Å²) in [6, 6.07) is 1.78. The highest BCUT2D eigenvalue weighted by Gasteiger charge is 2.67. The number of hydrogen-bond acceptors (Lipinski definition) is 5. The van der Waals surface area contributed by atoms with E-state index >= 15 is 0 Å². The monoisotopic (exact) mass is 677 g/mol. The average Bonchev–Trinajstić information content (AvgIpc) is 3.68. The maximum Gasteiger partial charge on any atom is 0.192 e. The van der Waals surface area contributed by atoms with Crippen molar-refractivity contribution in [1.29, 1.82) is 0 Å². The molecular weight excluding hydrogens is 622 g/mol. The molecule has 2 fully saturated rings. The lowest BCUT2D eigenvalue weighted by Crippen LogP contribution is -2.62. The Labute approximate surface area is 297 Å². The van der Waals surface area contributed by atoms with Crippen molar-refractivity contribution in [2.45, 2.75) is 136 Å². The molecule has 1 aromatic heterocycles. The summed E-state index contributed by atoms with van der Waals surface area (Å²) in [5.41, 5.74) is 6.46. The van der Waals surface area contributed by atoms with Crippen molar-refractivity contribution in [2.75, 3.05) is 0 Å². The summed E-state index contributed by atoms with van der Waals surface area (Å²) in [6.07, 6.45) is 11.3. The van der Waals surface area contributed by atoms with Gasteiger partial charge in [0.1, 0.15) is 6.04 Å². The molecule has 6 aliphatic rings. The maximum atomic E-state index is 14.9. The zero-order valence-electron chi connectivity index (χ0n) is 31.7. The first kappa shape index (κ1) is 34.0. The highest BCUT2D eigenvalue weighted by molar-refractivity contribution is 6.18. The van der Waals surface area contributed by atoms with Gasteiger partial charge in [-0.25, -0.2) is 0 Å². The van der Waals surface area contributed by atoms with Gasteiger partial charge in [-0.3, -0.25) is 9.59 Å². The van der Waals surface area contributed by atoms with Crippen molar-refractivity contribution < 1.29 is 24.5 Å². The Morgan fingerprint density at radius 1 is 1.06 bits per heavy atom. The molecule has 6 nitrogen and oxygen atoms in total. The molecule has 50 heavy (non-hydrogen) atoms. The van der Waals surface area contributed by atoms with Crippen molar-refractivity contribution >= 4 is 28.0 Å². The number of rotatable bonds is 4. The number of aliphatic hydroxyl groups excluding tert-OH is 2. The number of carbonyl (C=O) groups is 2. The lowest BCUT2D eigenvalue weighted by molar-refractivity contribution is -0.144. The summed E-state index contributed by atoms with van der Waals surface area (Å²) < 4.78 is 8.89. The van der Waals surface area contributed by atoms with Crippen LogP contribution in [0.4, 0.5) is 0 Å². The van der Waals surface area contributed by atoms with Crippen LogP contribution >= 0.6 is 0 Å². The molecule has 1 aromatic carbocycles. The van der Waals surface area contributed by atoms with Gasteiger partial charge in [0, 0.05) is 39.0 Å². The number of hydrogen-bond donors (Lipinski definition) is 2. The Morgan fingerprint density at radius 2 is 1.76 bits per heavy atom. The SMILES string of the molecule is C=C(C)[C@H]1C(=O)c2c3c(cc4c5c(n1c24)[C@@]1(C)C(CC[C@H]2[C@](C)(/C=C/C(=C/C)C(C)=O)[C@@H](O)CC[C@@]21C)C5)C1=CC(C)(C)OC(C)(C)C1[C@@H]3O. The predicted octanol–water partition coefficient (Wildman–Crippen LogP) is 8.69. The highest BCUT2D eigenvalue weighted by Crippen LogP contribution is 2.71. The molecule has 2 N–H and O–H groups in total. The standard InChI is InChI=1S/C44H55NO5/c1-12-24(23(4)46)15-17-42(9)30-14-13-25-19-28-27-20-26-29-21-40(5,6)50-41(7,8)34(29)37(48)32(26)33-36(27)45(35(22(2)3)38(33)49)39(28)44(25,11)43(30,10)18-16-31(42)47/h12,15,17,20-21,25,30-31,34-35,37,47-48H,2,13-14,16,18-19H2,1,3-11H3/b17-15+,24-12-/t25?,30-,31-,34?,35-,37+,42-,43-,44+/m0/s1. The van der Waals surface area contributed by atoms with Gasteiger partial charge in [-0.1, -0.05) is 51.2 Å². The number of allylic oxidation sites excluding steroid dienone is 4. The minimum atomic E-state index is -0.850. The smallest absolute Gasteiger partial charge is 0.192 e. The summed E-state index contributed by atoms with van der Waals surface area (Å²) in [5, 5.41) is 25.0. The first-order chi connectivity index (χ1) is 23.2. The summed E-state index contributed by atoms with van der Waals surface area (Å²) in [6.45, 7) is 25.2. The number of carbonyl (C=O) groups excluding carboxylic acids is 2. The number of benzene rings is 1. The van der Waals surface area contributed by atoms with Gasteiger partial charge in [-0.05, 0) is 127 Å². The van der Waals surface area contributed by atoms with Crippen molar-refractivity contribution in [3.05, 3.63) is 76.0 Å². The van der Waals surface area contributed by atoms with Crippen LogP contribution in [-0.2, 0) is 21.4 Å². The summed E-state index contributed by atoms with van der Waals surface area (Å²) in [4.78, 5) is 27.2. The molecule has 2 unspecified atom stereocenters. The van der Waals surface area contributed by atoms with Crippen LogP contribution < -0.4 is 0 Å². The number of Topliss-reactive ketones (excluding diaryl/α,β-unsaturated/α-hetero) is 2. The fraction of sp³-hybridized carbons (Fsp3) is 0.591. The van der Waals surface area contributed by atoms with E-state index in [9.17, 15) is 19.8 Å². The van der Waals surface area contributed by atoms with Crippen LogP contribution in [0.1, 0.15) is 140 Å². The van der Waals surface area contributed by atoms with Gasteiger partial charge in [0.2, 0.25) is 0 Å². The van der Waals surface area contributed by atoms with Crippen LogP contribution in [0.15, 0.2) is 48.1 Å². The molecule has 2 aliphatic heterocycles. The molecule has 0 radical (unpaired) electrons. The van der Waals surface area contributed by atoms with Gasteiger partial charge in [0.05, 0.1) is 34.5 Å². The van der Waals surface area contributed by atoms with E-state index in [2.05, 4.69) is 77.8 Å². The van der Waals surface area contributed by atoms with E-state index in [4.69, 9.17) is 4.74 Å². The van der Waals surface area contributed by atoms with E-state index in [0.717, 1.165) is 58.9 Å². The fourth-order valence-electron chi connectivity index (χ4n) is 12.8. The van der Waals surface area contributed by atoms with Gasteiger partial charge in [0.25, 0.3) is 0 Å². The lowest BCUT2D eigenvalue weighted by atomic mass is 9.40. The molecule has 4 aliphatic carbocycles. The van der Waals surface area contributed by atoms with Crippen molar-refractivity contribution in [2.24, 2.45) is 28.6 Å². The summed E-state index contributed by atoms with van der Waals surface area (Å²) in [7, 11) is 0. The summed E-state index contributed by atoms with van der Waals surface area (Å²) >= 11 is 0. The van der Waals surface area contributed by atoms with Crippen molar-refractivity contribution in [1.82, 2.24) is 4.57 Å². The molecule has 2 saturated carbocycles. The molecular formula is C44H55NO5. The molecule has 8 rings (SSSR count). The van der Waals surface area contributed by atoms with Gasteiger partial charge >= 0.3 is 0 Å². The van der Waals surface area contributed by atoms with E-state index in [0.29, 0.717) is 23.5 Å². The largest absolute Gasteiger partial charge is 0.392 e. The average molecular weight is 678 g/mol. The molecule has 2 aromatic rings. The van der Waals surface area contributed by atoms with Crippen molar-refractivity contribution in [3.8, 4) is 0 Å². The lowest BCUT2D eigenvalue weighted by Gasteiger charge is -2.64. The minimum absolute atomic E-state index is 0.0257. The molecule has 0 saturated heterocycles. The number of nitrogens with zero attached hydrogens (tertiary/aromatic N) is 1. The van der Waals surface area contributed by atoms with Crippen LogP contribution in [-0.4, -0.2) is 43.7 Å². The van der Waals surface area contributed by atoms with Gasteiger partial charge in [-0.2, -0.15) is 0 Å². The third-order valence-electron chi connectivity index (χ3n) is 15.0.